The van der Waals surface area contributed by atoms with Crippen molar-refractivity contribution < 1.29 is 33.0 Å². The number of hydroxylamine groups is 2. The van der Waals surface area contributed by atoms with Crippen molar-refractivity contribution in [3.05, 3.63) is 42.5 Å². The minimum Gasteiger partial charge on any atom is -0.454 e. The molecular weight excluding hydrogens is 362 g/mol. The molecule has 9 heteroatoms. The van der Waals surface area contributed by atoms with Crippen LogP contribution in [0.1, 0.15) is 0 Å². The van der Waals surface area contributed by atoms with E-state index in [4.69, 9.17) is 14.6 Å². The first kappa shape index (κ1) is 18.2. The number of sulfone groups is 1. The van der Waals surface area contributed by atoms with Gasteiger partial charge in [0.2, 0.25) is 13.2 Å². The Bertz CT molecular complexity index is 896. The molecule has 0 fully saturated rings. The van der Waals surface area contributed by atoms with Gasteiger partial charge < -0.3 is 14.6 Å². The van der Waals surface area contributed by atoms with Crippen LogP contribution in [0, 0.1) is 0 Å². The third kappa shape index (κ3) is 3.64. The van der Waals surface area contributed by atoms with Crippen molar-refractivity contribution in [1.29, 1.82) is 0 Å². The second-order valence-electron chi connectivity index (χ2n) is 5.70. The van der Waals surface area contributed by atoms with Gasteiger partial charge in [0.1, 0.15) is 0 Å². The van der Waals surface area contributed by atoms with Gasteiger partial charge in [-0.2, -0.15) is 0 Å². The Labute approximate surface area is 150 Å². The SMILES string of the molecule is O=CN(O)C(CO)CS(=O)(=O)c1ccc(-c2ccc3c(c2)OCO3)cc1. The highest BCUT2D eigenvalue weighted by Crippen LogP contribution is 2.36. The molecular formula is C17H17NO7S. The minimum absolute atomic E-state index is 0.0275. The van der Waals surface area contributed by atoms with Crippen LogP contribution in [0.25, 0.3) is 11.1 Å². The largest absolute Gasteiger partial charge is 0.454 e. The number of carbonyl (C=O) groups excluding carboxylic acids is 1. The summed E-state index contributed by atoms with van der Waals surface area (Å²) in [5.74, 6) is 0.691. The van der Waals surface area contributed by atoms with Crippen LogP contribution >= 0.6 is 0 Å². The summed E-state index contributed by atoms with van der Waals surface area (Å²) in [6, 6.07) is 10.4. The average Bonchev–Trinajstić information content (AvgIpc) is 3.13. The van der Waals surface area contributed by atoms with E-state index < -0.39 is 28.2 Å². The average molecular weight is 379 g/mol. The molecule has 0 radical (unpaired) electrons. The van der Waals surface area contributed by atoms with Gasteiger partial charge in [0.25, 0.3) is 0 Å². The maximum atomic E-state index is 12.4. The number of nitrogens with zero attached hydrogens (tertiary/aromatic N) is 1. The fraction of sp³-hybridized carbons (Fsp3) is 0.235. The molecule has 2 aromatic carbocycles. The van der Waals surface area contributed by atoms with Crippen molar-refractivity contribution >= 4 is 16.2 Å². The Kier molecular flexibility index (Phi) is 5.12. The van der Waals surface area contributed by atoms with Gasteiger partial charge in [-0.15, -0.1) is 0 Å². The predicted molar refractivity (Wildman–Crippen MR) is 90.6 cm³/mol. The third-order valence-electron chi connectivity index (χ3n) is 4.02. The molecule has 1 aliphatic heterocycles. The summed E-state index contributed by atoms with van der Waals surface area (Å²) < 4.78 is 35.4. The van der Waals surface area contributed by atoms with Gasteiger partial charge in [-0.05, 0) is 35.4 Å². The summed E-state index contributed by atoms with van der Waals surface area (Å²) in [6.45, 7) is -0.506. The van der Waals surface area contributed by atoms with Gasteiger partial charge in [0.15, 0.2) is 21.3 Å². The van der Waals surface area contributed by atoms with Crippen LogP contribution in [0.15, 0.2) is 47.4 Å². The summed E-state index contributed by atoms with van der Waals surface area (Å²) in [5.41, 5.74) is 1.63. The normalized spacial score (nSPS) is 14.1. The summed E-state index contributed by atoms with van der Waals surface area (Å²) in [6.07, 6.45) is 0.0547. The summed E-state index contributed by atoms with van der Waals surface area (Å²) in [4.78, 5) is 10.6. The molecule has 0 saturated heterocycles. The molecule has 2 N–H and O–H groups in total. The number of aliphatic hydroxyl groups excluding tert-OH is 1. The third-order valence-corrected chi connectivity index (χ3v) is 5.84. The van der Waals surface area contributed by atoms with Gasteiger partial charge in [-0.3, -0.25) is 10.0 Å². The predicted octanol–water partition coefficient (Wildman–Crippen LogP) is 1.06. The number of aliphatic hydroxyl groups is 1. The fourth-order valence-corrected chi connectivity index (χ4v) is 4.09. The topological polar surface area (TPSA) is 113 Å². The van der Waals surface area contributed by atoms with E-state index in [0.29, 0.717) is 11.5 Å². The lowest BCUT2D eigenvalue weighted by atomic mass is 10.1. The number of benzene rings is 2. The monoisotopic (exact) mass is 379 g/mol. The molecule has 1 atom stereocenters. The molecule has 8 nitrogen and oxygen atoms in total. The summed E-state index contributed by atoms with van der Waals surface area (Å²) >= 11 is 0. The van der Waals surface area contributed by atoms with Crippen LogP contribution < -0.4 is 9.47 Å². The lowest BCUT2D eigenvalue weighted by Crippen LogP contribution is -2.39. The quantitative estimate of drug-likeness (QED) is 0.420. The van der Waals surface area contributed by atoms with Crippen molar-refractivity contribution in [2.24, 2.45) is 0 Å². The van der Waals surface area contributed by atoms with Crippen molar-refractivity contribution in [1.82, 2.24) is 5.06 Å². The van der Waals surface area contributed by atoms with E-state index in [1.807, 2.05) is 6.07 Å². The standard InChI is InChI=1S/C17H17NO7S/c19-8-14(18(21)10-20)9-26(22,23)15-4-1-12(2-5-15)13-3-6-16-17(7-13)25-11-24-16/h1-7,10,14,19,21H,8-9,11H2. The molecule has 3 rings (SSSR count). The van der Waals surface area contributed by atoms with Crippen LogP contribution in [-0.4, -0.2) is 55.4 Å². The van der Waals surface area contributed by atoms with Crippen LogP contribution in [0.3, 0.4) is 0 Å². The first-order valence-corrected chi connectivity index (χ1v) is 9.36. The van der Waals surface area contributed by atoms with E-state index in [1.54, 1.807) is 24.3 Å². The number of ether oxygens (including phenoxy) is 2. The zero-order valence-corrected chi connectivity index (χ0v) is 14.4. The maximum Gasteiger partial charge on any atom is 0.233 e. The van der Waals surface area contributed by atoms with Gasteiger partial charge in [0, 0.05) is 0 Å². The van der Waals surface area contributed by atoms with E-state index in [-0.39, 0.29) is 23.2 Å². The molecule has 0 spiro atoms. The second kappa shape index (κ2) is 7.32. The van der Waals surface area contributed by atoms with Crippen LogP contribution in [0.4, 0.5) is 0 Å². The van der Waals surface area contributed by atoms with Crippen molar-refractivity contribution in [3.8, 4) is 22.6 Å². The molecule has 0 aliphatic carbocycles. The van der Waals surface area contributed by atoms with E-state index in [2.05, 4.69) is 0 Å². The fourth-order valence-electron chi connectivity index (χ4n) is 2.58. The molecule has 0 bridgehead atoms. The molecule has 1 unspecified atom stereocenters. The number of amides is 1. The van der Waals surface area contributed by atoms with E-state index in [1.165, 1.54) is 12.1 Å². The molecule has 0 saturated carbocycles. The summed E-state index contributed by atoms with van der Waals surface area (Å²) in [5, 5.41) is 18.6. The second-order valence-corrected chi connectivity index (χ2v) is 7.73. The highest BCUT2D eigenvalue weighted by molar-refractivity contribution is 7.91. The highest BCUT2D eigenvalue weighted by atomic mass is 32.2. The number of hydrogen-bond acceptors (Lipinski definition) is 7. The molecule has 0 aromatic heterocycles. The molecule has 2 aromatic rings. The molecule has 1 aliphatic rings. The van der Waals surface area contributed by atoms with Crippen molar-refractivity contribution in [3.63, 3.8) is 0 Å². The lowest BCUT2D eigenvalue weighted by Gasteiger charge is -2.20. The van der Waals surface area contributed by atoms with Crippen molar-refractivity contribution in [2.45, 2.75) is 10.9 Å². The smallest absolute Gasteiger partial charge is 0.233 e. The van der Waals surface area contributed by atoms with Crippen LogP contribution in [0.2, 0.25) is 0 Å². The van der Waals surface area contributed by atoms with Crippen LogP contribution in [-0.2, 0) is 14.6 Å². The van der Waals surface area contributed by atoms with Gasteiger partial charge >= 0.3 is 0 Å². The Balaban J connectivity index is 1.81. The number of carbonyl (C=O) groups is 1. The lowest BCUT2D eigenvalue weighted by molar-refractivity contribution is -0.161. The summed E-state index contributed by atoms with van der Waals surface area (Å²) in [7, 11) is -3.80. The van der Waals surface area contributed by atoms with Gasteiger partial charge in [0.05, 0.1) is 23.3 Å². The Hall–Kier alpha value is -2.62. The number of fused-ring (bicyclic) bond motifs is 1. The maximum absolute atomic E-state index is 12.4. The van der Waals surface area contributed by atoms with E-state index in [9.17, 15) is 18.4 Å². The Morgan fingerprint density at radius 3 is 2.38 bits per heavy atom. The van der Waals surface area contributed by atoms with Crippen LogP contribution in [0.5, 0.6) is 11.5 Å². The van der Waals surface area contributed by atoms with Gasteiger partial charge in [-0.1, -0.05) is 18.2 Å². The zero-order chi connectivity index (χ0) is 18.7. The molecule has 138 valence electrons. The van der Waals surface area contributed by atoms with E-state index in [0.717, 1.165) is 11.1 Å². The molecule has 1 heterocycles. The first-order chi connectivity index (χ1) is 12.4. The first-order valence-electron chi connectivity index (χ1n) is 7.71. The van der Waals surface area contributed by atoms with E-state index >= 15 is 0 Å². The molecule has 1 amide bonds. The highest BCUT2D eigenvalue weighted by Gasteiger charge is 2.25. The Morgan fingerprint density at radius 1 is 1.08 bits per heavy atom. The zero-order valence-electron chi connectivity index (χ0n) is 13.6. The number of rotatable bonds is 7. The van der Waals surface area contributed by atoms with Crippen molar-refractivity contribution in [2.75, 3.05) is 19.2 Å². The number of hydrogen-bond donors (Lipinski definition) is 2. The van der Waals surface area contributed by atoms with Gasteiger partial charge in [-0.25, -0.2) is 13.5 Å². The minimum atomic E-state index is -3.80. The Morgan fingerprint density at radius 2 is 1.73 bits per heavy atom. The molecule has 26 heavy (non-hydrogen) atoms.